The predicted molar refractivity (Wildman–Crippen MR) is 101 cm³/mol. The minimum absolute atomic E-state index is 0.265. The van der Waals surface area contributed by atoms with Gasteiger partial charge in [-0.3, -0.25) is 9.69 Å². The molecule has 0 aliphatic carbocycles. The zero-order valence-electron chi connectivity index (χ0n) is 16.1. The van der Waals surface area contributed by atoms with E-state index in [1.165, 1.54) is 5.56 Å². The largest absolute Gasteiger partial charge is 0.454 e. The number of ether oxygens (including phenoxy) is 2. The van der Waals surface area contributed by atoms with Crippen LogP contribution < -0.4 is 9.47 Å². The van der Waals surface area contributed by atoms with Crippen molar-refractivity contribution in [2.24, 2.45) is 0 Å². The maximum atomic E-state index is 12.2. The van der Waals surface area contributed by atoms with Crippen molar-refractivity contribution < 1.29 is 14.3 Å². The minimum atomic E-state index is 0.265. The zero-order chi connectivity index (χ0) is 18.4. The number of hydrogen-bond acceptors (Lipinski definition) is 5. The van der Waals surface area contributed by atoms with Gasteiger partial charge in [-0.05, 0) is 24.1 Å². The Morgan fingerprint density at radius 1 is 1.12 bits per heavy atom. The van der Waals surface area contributed by atoms with Crippen molar-refractivity contribution in [2.45, 2.75) is 32.7 Å². The SMILES string of the molecule is CCCCN(C)C(=O)CCN1CCN(Cc2ccc3c(c2)OCO3)CC1. The molecule has 0 unspecified atom stereocenters. The molecule has 1 fully saturated rings. The van der Waals surface area contributed by atoms with Gasteiger partial charge >= 0.3 is 0 Å². The first-order valence-corrected chi connectivity index (χ1v) is 9.73. The number of fused-ring (bicyclic) bond motifs is 1. The van der Waals surface area contributed by atoms with Crippen LogP contribution in [0.4, 0.5) is 0 Å². The molecular formula is C20H31N3O3. The van der Waals surface area contributed by atoms with E-state index >= 15 is 0 Å². The maximum Gasteiger partial charge on any atom is 0.231 e. The first kappa shape index (κ1) is 19.0. The lowest BCUT2D eigenvalue weighted by Gasteiger charge is -2.34. The van der Waals surface area contributed by atoms with Crippen molar-refractivity contribution in [3.05, 3.63) is 23.8 Å². The molecule has 26 heavy (non-hydrogen) atoms. The van der Waals surface area contributed by atoms with Crippen molar-refractivity contribution >= 4 is 5.91 Å². The number of hydrogen-bond donors (Lipinski definition) is 0. The first-order valence-electron chi connectivity index (χ1n) is 9.73. The molecule has 1 saturated heterocycles. The highest BCUT2D eigenvalue weighted by Gasteiger charge is 2.20. The molecule has 0 saturated carbocycles. The fourth-order valence-electron chi connectivity index (χ4n) is 3.43. The number of piperazine rings is 1. The van der Waals surface area contributed by atoms with E-state index in [0.29, 0.717) is 13.2 Å². The predicted octanol–water partition coefficient (Wildman–Crippen LogP) is 2.18. The van der Waals surface area contributed by atoms with Crippen molar-refractivity contribution in [2.75, 3.05) is 53.1 Å². The molecule has 0 aromatic heterocycles. The third-order valence-corrected chi connectivity index (χ3v) is 5.22. The van der Waals surface area contributed by atoms with Gasteiger partial charge in [-0.1, -0.05) is 19.4 Å². The van der Waals surface area contributed by atoms with Crippen molar-refractivity contribution in [3.8, 4) is 11.5 Å². The Morgan fingerprint density at radius 2 is 1.85 bits per heavy atom. The standard InChI is InChI=1S/C20H31N3O3/c1-3-4-8-21(2)20(24)7-9-22-10-12-23(13-11-22)15-17-5-6-18-19(14-17)26-16-25-18/h5-6,14H,3-4,7-13,15-16H2,1-2H3. The monoisotopic (exact) mass is 361 g/mol. The van der Waals surface area contributed by atoms with Crippen molar-refractivity contribution in [1.29, 1.82) is 0 Å². The van der Waals surface area contributed by atoms with Crippen LogP contribution in [-0.2, 0) is 11.3 Å². The Balaban J connectivity index is 1.37. The molecule has 0 spiro atoms. The average molecular weight is 361 g/mol. The molecule has 0 atom stereocenters. The van der Waals surface area contributed by atoms with Crippen LogP contribution in [-0.4, -0.2) is 73.7 Å². The van der Waals surface area contributed by atoms with Gasteiger partial charge in [0.2, 0.25) is 12.7 Å². The molecule has 6 heteroatoms. The fraction of sp³-hybridized carbons (Fsp3) is 0.650. The third-order valence-electron chi connectivity index (χ3n) is 5.22. The van der Waals surface area contributed by atoms with Crippen LogP contribution in [0.2, 0.25) is 0 Å². The maximum absolute atomic E-state index is 12.2. The van der Waals surface area contributed by atoms with Crippen molar-refractivity contribution in [1.82, 2.24) is 14.7 Å². The lowest BCUT2D eigenvalue weighted by molar-refractivity contribution is -0.130. The summed E-state index contributed by atoms with van der Waals surface area (Å²) in [5.74, 6) is 1.96. The van der Waals surface area contributed by atoms with Crippen LogP contribution >= 0.6 is 0 Å². The van der Waals surface area contributed by atoms with Crippen LogP contribution in [0, 0.1) is 0 Å². The summed E-state index contributed by atoms with van der Waals surface area (Å²) in [6.07, 6.45) is 2.84. The third kappa shape index (κ3) is 5.11. The number of rotatable bonds is 8. The Labute approximate surface area is 156 Å². The van der Waals surface area contributed by atoms with Crippen molar-refractivity contribution in [3.63, 3.8) is 0 Å². The summed E-state index contributed by atoms with van der Waals surface area (Å²) >= 11 is 0. The Kier molecular flexibility index (Phi) is 6.74. The lowest BCUT2D eigenvalue weighted by Crippen LogP contribution is -2.46. The summed E-state index contributed by atoms with van der Waals surface area (Å²) in [6, 6.07) is 6.19. The molecule has 1 aromatic rings. The summed E-state index contributed by atoms with van der Waals surface area (Å²) < 4.78 is 10.8. The van der Waals surface area contributed by atoms with Gasteiger partial charge in [0.1, 0.15) is 0 Å². The fourth-order valence-corrected chi connectivity index (χ4v) is 3.43. The first-order chi connectivity index (χ1) is 12.7. The number of benzene rings is 1. The summed E-state index contributed by atoms with van der Waals surface area (Å²) in [7, 11) is 1.92. The molecular weight excluding hydrogens is 330 g/mol. The van der Waals surface area contributed by atoms with E-state index in [0.717, 1.165) is 70.2 Å². The van der Waals surface area contributed by atoms with E-state index in [4.69, 9.17) is 9.47 Å². The van der Waals surface area contributed by atoms with Crippen LogP contribution in [0.1, 0.15) is 31.7 Å². The van der Waals surface area contributed by atoms with Crippen LogP contribution in [0.5, 0.6) is 11.5 Å². The van der Waals surface area contributed by atoms with E-state index in [9.17, 15) is 4.79 Å². The minimum Gasteiger partial charge on any atom is -0.454 e. The smallest absolute Gasteiger partial charge is 0.231 e. The summed E-state index contributed by atoms with van der Waals surface area (Å²) in [5, 5.41) is 0. The van der Waals surface area contributed by atoms with Crippen LogP contribution in [0.3, 0.4) is 0 Å². The second-order valence-corrected chi connectivity index (χ2v) is 7.22. The number of unbranched alkanes of at least 4 members (excludes halogenated alkanes) is 1. The topological polar surface area (TPSA) is 45.3 Å². The lowest BCUT2D eigenvalue weighted by atomic mass is 10.1. The second-order valence-electron chi connectivity index (χ2n) is 7.22. The van der Waals surface area contributed by atoms with E-state index in [1.54, 1.807) is 0 Å². The molecule has 0 radical (unpaired) electrons. The van der Waals surface area contributed by atoms with Gasteiger partial charge in [0, 0.05) is 59.3 Å². The molecule has 0 N–H and O–H groups in total. The van der Waals surface area contributed by atoms with Gasteiger partial charge in [0.25, 0.3) is 0 Å². The second kappa shape index (κ2) is 9.24. The molecule has 0 bridgehead atoms. The van der Waals surface area contributed by atoms with E-state index in [-0.39, 0.29) is 5.91 Å². The molecule has 2 aliphatic heterocycles. The highest BCUT2D eigenvalue weighted by atomic mass is 16.7. The van der Waals surface area contributed by atoms with Gasteiger partial charge in [0.05, 0.1) is 0 Å². The summed E-state index contributed by atoms with van der Waals surface area (Å²) in [6.45, 7) is 9.27. The molecule has 144 valence electrons. The van der Waals surface area contributed by atoms with Gasteiger partial charge in [-0.15, -0.1) is 0 Å². The van der Waals surface area contributed by atoms with E-state index in [2.05, 4.69) is 28.9 Å². The van der Waals surface area contributed by atoms with E-state index < -0.39 is 0 Å². The van der Waals surface area contributed by atoms with Crippen LogP contribution in [0.15, 0.2) is 18.2 Å². The molecule has 2 heterocycles. The van der Waals surface area contributed by atoms with Gasteiger partial charge in [-0.2, -0.15) is 0 Å². The number of carbonyl (C=O) groups excluding carboxylic acids is 1. The highest BCUT2D eigenvalue weighted by Crippen LogP contribution is 2.32. The molecule has 2 aliphatic rings. The summed E-state index contributed by atoms with van der Waals surface area (Å²) in [4.78, 5) is 18.9. The summed E-state index contributed by atoms with van der Waals surface area (Å²) in [5.41, 5.74) is 1.26. The van der Waals surface area contributed by atoms with Gasteiger partial charge in [-0.25, -0.2) is 0 Å². The Hall–Kier alpha value is -1.79. The van der Waals surface area contributed by atoms with Gasteiger partial charge < -0.3 is 19.3 Å². The zero-order valence-corrected chi connectivity index (χ0v) is 16.1. The quantitative estimate of drug-likeness (QED) is 0.710. The van der Waals surface area contributed by atoms with Gasteiger partial charge in [0.15, 0.2) is 11.5 Å². The Morgan fingerprint density at radius 3 is 2.62 bits per heavy atom. The normalized spacial score (nSPS) is 17.5. The molecule has 1 amide bonds. The number of amides is 1. The molecule has 1 aromatic carbocycles. The Bertz CT molecular complexity index is 600. The molecule has 6 nitrogen and oxygen atoms in total. The number of carbonyl (C=O) groups is 1. The highest BCUT2D eigenvalue weighted by molar-refractivity contribution is 5.76. The van der Waals surface area contributed by atoms with E-state index in [1.807, 2.05) is 18.0 Å². The molecule has 3 rings (SSSR count). The average Bonchev–Trinajstić information content (AvgIpc) is 3.13. The van der Waals surface area contributed by atoms with Crippen LogP contribution in [0.25, 0.3) is 0 Å². The number of nitrogens with zero attached hydrogens (tertiary/aromatic N) is 3.